The maximum atomic E-state index is 14.6. The predicted octanol–water partition coefficient (Wildman–Crippen LogP) is 6.62. The van der Waals surface area contributed by atoms with Crippen molar-refractivity contribution in [1.29, 1.82) is 0 Å². The van der Waals surface area contributed by atoms with Gasteiger partial charge in [-0.3, -0.25) is 4.79 Å². The first-order valence-electron chi connectivity index (χ1n) is 13.3. The number of rotatable bonds is 7. The summed E-state index contributed by atoms with van der Waals surface area (Å²) < 4.78 is 36.6. The van der Waals surface area contributed by atoms with Crippen molar-refractivity contribution < 1.29 is 18.3 Å². The molecule has 7 heteroatoms. The van der Waals surface area contributed by atoms with Crippen LogP contribution in [0.2, 0.25) is 0 Å². The first-order chi connectivity index (χ1) is 17.6. The van der Waals surface area contributed by atoms with Crippen LogP contribution in [-0.4, -0.2) is 28.6 Å². The van der Waals surface area contributed by atoms with Crippen LogP contribution >= 0.6 is 0 Å². The molecular weight excluding hydrogens is 460 g/mol. The lowest BCUT2D eigenvalue weighted by atomic mass is 9.82. The average Bonchev–Trinajstić information content (AvgIpc) is 3.24. The van der Waals surface area contributed by atoms with Crippen molar-refractivity contribution >= 4 is 16.9 Å². The van der Waals surface area contributed by atoms with Gasteiger partial charge < -0.3 is 14.6 Å². The summed E-state index contributed by atoms with van der Waals surface area (Å²) in [6.07, 6.45) is 9.87. The summed E-state index contributed by atoms with van der Waals surface area (Å²) >= 11 is 0. The Morgan fingerprint density at radius 1 is 0.972 bits per heavy atom. The minimum atomic E-state index is -0.951. The number of imidazole rings is 1. The molecule has 2 aromatic carbocycles. The SMILES string of the molecule is COC(c1ccccc1)c1nc2cc(F)c(F)cc2n1C(C(=O)NC1CCCCC1)C1CCCCC1. The van der Waals surface area contributed by atoms with Crippen molar-refractivity contribution in [3.63, 3.8) is 0 Å². The Balaban J connectivity index is 1.66. The molecule has 0 bridgehead atoms. The van der Waals surface area contributed by atoms with Crippen molar-refractivity contribution in [1.82, 2.24) is 14.9 Å². The van der Waals surface area contributed by atoms with Crippen LogP contribution in [0.4, 0.5) is 8.78 Å². The van der Waals surface area contributed by atoms with Crippen molar-refractivity contribution in [2.24, 2.45) is 5.92 Å². The summed E-state index contributed by atoms with van der Waals surface area (Å²) in [7, 11) is 1.60. The number of halogens is 2. The largest absolute Gasteiger partial charge is 0.369 e. The zero-order valence-corrected chi connectivity index (χ0v) is 20.9. The number of amides is 1. The molecule has 0 radical (unpaired) electrons. The quantitative estimate of drug-likeness (QED) is 0.401. The number of aromatic nitrogens is 2. The van der Waals surface area contributed by atoms with Gasteiger partial charge in [0.2, 0.25) is 5.91 Å². The van der Waals surface area contributed by atoms with Crippen LogP contribution in [0.3, 0.4) is 0 Å². The molecule has 2 aliphatic rings. The fourth-order valence-corrected chi connectivity index (χ4v) is 6.13. The second-order valence-electron chi connectivity index (χ2n) is 10.3. The van der Waals surface area contributed by atoms with E-state index in [9.17, 15) is 13.6 Å². The molecule has 0 saturated heterocycles. The van der Waals surface area contributed by atoms with Gasteiger partial charge in [0, 0.05) is 25.3 Å². The summed E-state index contributed by atoms with van der Waals surface area (Å²) in [6, 6.07) is 11.5. The molecule has 5 nitrogen and oxygen atoms in total. The van der Waals surface area contributed by atoms with Gasteiger partial charge in [-0.25, -0.2) is 13.8 Å². The van der Waals surface area contributed by atoms with Gasteiger partial charge in [-0.05, 0) is 37.2 Å². The molecule has 2 unspecified atom stereocenters. The van der Waals surface area contributed by atoms with Gasteiger partial charge in [-0.1, -0.05) is 68.9 Å². The number of nitrogens with zero attached hydrogens (tertiary/aromatic N) is 2. The highest BCUT2D eigenvalue weighted by Crippen LogP contribution is 2.39. The third-order valence-electron chi connectivity index (χ3n) is 7.93. The van der Waals surface area contributed by atoms with Crippen LogP contribution in [0.5, 0.6) is 0 Å². The molecule has 1 heterocycles. The van der Waals surface area contributed by atoms with Crippen LogP contribution in [-0.2, 0) is 9.53 Å². The van der Waals surface area contributed by atoms with Crippen molar-refractivity contribution in [2.75, 3.05) is 7.11 Å². The summed E-state index contributed by atoms with van der Waals surface area (Å²) in [5, 5.41) is 3.32. The Morgan fingerprint density at radius 3 is 2.28 bits per heavy atom. The molecule has 5 rings (SSSR count). The Morgan fingerprint density at radius 2 is 1.61 bits per heavy atom. The average molecular weight is 496 g/mol. The van der Waals surface area contributed by atoms with E-state index < -0.39 is 23.8 Å². The fraction of sp³-hybridized carbons (Fsp3) is 0.517. The Labute approximate surface area is 211 Å². The molecule has 1 aromatic heterocycles. The van der Waals surface area contributed by atoms with Crippen molar-refractivity contribution in [3.05, 3.63) is 65.5 Å². The maximum absolute atomic E-state index is 14.6. The van der Waals surface area contributed by atoms with Crippen LogP contribution in [0, 0.1) is 17.6 Å². The second kappa shape index (κ2) is 11.1. The van der Waals surface area contributed by atoms with Gasteiger partial charge >= 0.3 is 0 Å². The number of ether oxygens (including phenoxy) is 1. The number of carbonyl (C=O) groups is 1. The normalized spacial score (nSPS) is 19.3. The Hall–Kier alpha value is -2.80. The van der Waals surface area contributed by atoms with Gasteiger partial charge in [0.05, 0.1) is 11.0 Å². The second-order valence-corrected chi connectivity index (χ2v) is 10.3. The predicted molar refractivity (Wildman–Crippen MR) is 136 cm³/mol. The van der Waals surface area contributed by atoms with Gasteiger partial charge in [-0.2, -0.15) is 0 Å². The minimum absolute atomic E-state index is 0.0537. The third-order valence-corrected chi connectivity index (χ3v) is 7.93. The van der Waals surface area contributed by atoms with Gasteiger partial charge in [0.15, 0.2) is 11.6 Å². The van der Waals surface area contributed by atoms with Crippen molar-refractivity contribution in [2.45, 2.75) is 82.4 Å². The molecule has 0 spiro atoms. The smallest absolute Gasteiger partial charge is 0.243 e. The van der Waals surface area contributed by atoms with Crippen LogP contribution in [0.15, 0.2) is 42.5 Å². The molecule has 0 aliphatic heterocycles. The zero-order chi connectivity index (χ0) is 25.1. The van der Waals surface area contributed by atoms with Crippen LogP contribution < -0.4 is 5.32 Å². The lowest BCUT2D eigenvalue weighted by molar-refractivity contribution is -0.127. The van der Waals surface area contributed by atoms with Gasteiger partial charge in [0.1, 0.15) is 18.0 Å². The molecule has 36 heavy (non-hydrogen) atoms. The highest BCUT2D eigenvalue weighted by atomic mass is 19.2. The first-order valence-corrected chi connectivity index (χ1v) is 13.3. The van der Waals surface area contributed by atoms with Gasteiger partial charge in [-0.15, -0.1) is 0 Å². The molecule has 2 aliphatic carbocycles. The Kier molecular flexibility index (Phi) is 7.65. The number of fused-ring (bicyclic) bond motifs is 1. The number of benzene rings is 2. The van der Waals surface area contributed by atoms with E-state index in [0.717, 1.165) is 69.4 Å². The standard InChI is InChI=1S/C29H35F2N3O2/c1-36-27(20-13-7-3-8-14-20)28-33-24-17-22(30)23(31)18-25(24)34(28)26(19-11-5-2-6-12-19)29(35)32-21-15-9-4-10-16-21/h3,7-8,13-14,17-19,21,26-27H,2,4-6,9-12,15-16H2,1H3,(H,32,35). The molecule has 192 valence electrons. The molecule has 2 saturated carbocycles. The minimum Gasteiger partial charge on any atom is -0.369 e. The molecule has 1 amide bonds. The van der Waals surface area contributed by atoms with E-state index in [1.165, 1.54) is 12.5 Å². The molecule has 1 N–H and O–H groups in total. The van der Waals surface area contributed by atoms with E-state index in [4.69, 9.17) is 9.72 Å². The number of hydrogen-bond acceptors (Lipinski definition) is 3. The number of carbonyl (C=O) groups excluding carboxylic acids is 1. The topological polar surface area (TPSA) is 56.2 Å². The zero-order valence-electron chi connectivity index (χ0n) is 20.9. The monoisotopic (exact) mass is 495 g/mol. The molecule has 3 aromatic rings. The summed E-state index contributed by atoms with van der Waals surface area (Å²) in [5.41, 5.74) is 1.62. The number of methoxy groups -OCH3 is 1. The van der Waals surface area contributed by atoms with E-state index in [-0.39, 0.29) is 17.9 Å². The summed E-state index contributed by atoms with van der Waals surface area (Å²) in [5.74, 6) is -1.37. The van der Waals surface area contributed by atoms with Crippen molar-refractivity contribution in [3.8, 4) is 0 Å². The van der Waals surface area contributed by atoms with Gasteiger partial charge in [0.25, 0.3) is 0 Å². The van der Waals surface area contributed by atoms with Crippen LogP contribution in [0.25, 0.3) is 11.0 Å². The molecule has 2 fully saturated rings. The molecular formula is C29H35F2N3O2. The summed E-state index contributed by atoms with van der Waals surface area (Å²) in [6.45, 7) is 0. The third kappa shape index (κ3) is 5.03. The van der Waals surface area contributed by atoms with Crippen LogP contribution in [0.1, 0.15) is 87.7 Å². The van der Waals surface area contributed by atoms with E-state index in [1.54, 1.807) is 7.11 Å². The summed E-state index contributed by atoms with van der Waals surface area (Å²) in [4.78, 5) is 18.8. The lowest BCUT2D eigenvalue weighted by Crippen LogP contribution is -2.44. The maximum Gasteiger partial charge on any atom is 0.243 e. The lowest BCUT2D eigenvalue weighted by Gasteiger charge is -2.34. The number of nitrogens with one attached hydrogen (secondary N) is 1. The van der Waals surface area contributed by atoms with E-state index >= 15 is 0 Å². The Bertz CT molecular complexity index is 1180. The highest BCUT2D eigenvalue weighted by molar-refractivity contribution is 5.85. The highest BCUT2D eigenvalue weighted by Gasteiger charge is 2.37. The molecule has 2 atom stereocenters. The number of hydrogen-bond donors (Lipinski definition) is 1. The fourth-order valence-electron chi connectivity index (χ4n) is 6.13. The van der Waals surface area contributed by atoms with E-state index in [0.29, 0.717) is 16.9 Å². The van der Waals surface area contributed by atoms with E-state index in [2.05, 4.69) is 5.32 Å². The first kappa shape index (κ1) is 24.9. The van der Waals surface area contributed by atoms with E-state index in [1.807, 2.05) is 34.9 Å².